The average Bonchev–Trinajstić information content (AvgIpc) is 2.90. The molecule has 1 saturated carbocycles. The molecule has 1 amide bonds. The van der Waals surface area contributed by atoms with Crippen LogP contribution in [0.4, 0.5) is 10.5 Å². The molecule has 0 spiro atoms. The van der Waals surface area contributed by atoms with Gasteiger partial charge in [-0.15, -0.1) is 0 Å². The Labute approximate surface area is 76.6 Å². The third kappa shape index (κ3) is 1.64. The second kappa shape index (κ2) is 3.09. The predicted octanol–water partition coefficient (Wildman–Crippen LogP) is 2.13. The summed E-state index contributed by atoms with van der Waals surface area (Å²) in [6.45, 7) is 0. The standard InChI is InChI=1S/C10H10NO2/c12-10(13)11(9-6-7-9)8-4-2-1-3-5-8/h1-4,9H,6-7H2,(H,12,13). The molecule has 1 radical (unpaired) electrons. The van der Waals surface area contributed by atoms with Crippen LogP contribution in [0.3, 0.4) is 0 Å². The molecule has 0 atom stereocenters. The van der Waals surface area contributed by atoms with Crippen molar-refractivity contribution in [3.05, 3.63) is 30.3 Å². The van der Waals surface area contributed by atoms with Gasteiger partial charge in [0.2, 0.25) is 0 Å². The summed E-state index contributed by atoms with van der Waals surface area (Å²) in [5.41, 5.74) is 0.650. The lowest BCUT2D eigenvalue weighted by Crippen LogP contribution is -2.31. The molecule has 3 nitrogen and oxygen atoms in total. The monoisotopic (exact) mass is 176 g/mol. The van der Waals surface area contributed by atoms with Crippen molar-refractivity contribution in [3.8, 4) is 0 Å². The van der Waals surface area contributed by atoms with Gasteiger partial charge in [-0.2, -0.15) is 0 Å². The van der Waals surface area contributed by atoms with E-state index in [0.29, 0.717) is 5.69 Å². The van der Waals surface area contributed by atoms with Gasteiger partial charge in [-0.3, -0.25) is 4.90 Å². The zero-order chi connectivity index (χ0) is 9.26. The molecule has 1 fully saturated rings. The number of rotatable bonds is 2. The van der Waals surface area contributed by atoms with E-state index in [1.54, 1.807) is 12.1 Å². The molecular weight excluding hydrogens is 166 g/mol. The van der Waals surface area contributed by atoms with Crippen molar-refractivity contribution >= 4 is 11.8 Å². The second-order valence-corrected chi connectivity index (χ2v) is 3.13. The maximum absolute atomic E-state index is 10.9. The smallest absolute Gasteiger partial charge is 0.412 e. The van der Waals surface area contributed by atoms with Crippen LogP contribution in [0, 0.1) is 6.07 Å². The lowest BCUT2D eigenvalue weighted by molar-refractivity contribution is 0.201. The molecule has 0 unspecified atom stereocenters. The number of hydrogen-bond acceptors (Lipinski definition) is 1. The van der Waals surface area contributed by atoms with Crippen LogP contribution in [0.15, 0.2) is 24.3 Å². The summed E-state index contributed by atoms with van der Waals surface area (Å²) in [4.78, 5) is 12.3. The fourth-order valence-electron chi connectivity index (χ4n) is 1.32. The highest BCUT2D eigenvalue weighted by atomic mass is 16.4. The summed E-state index contributed by atoms with van der Waals surface area (Å²) in [5, 5.41) is 8.94. The maximum atomic E-state index is 10.9. The minimum atomic E-state index is -0.884. The Kier molecular flexibility index (Phi) is 1.93. The van der Waals surface area contributed by atoms with Crippen molar-refractivity contribution < 1.29 is 9.90 Å². The average molecular weight is 176 g/mol. The van der Waals surface area contributed by atoms with Crippen molar-refractivity contribution in [2.24, 2.45) is 0 Å². The number of benzene rings is 1. The molecule has 0 saturated heterocycles. The van der Waals surface area contributed by atoms with E-state index in [1.807, 2.05) is 12.1 Å². The van der Waals surface area contributed by atoms with E-state index in [-0.39, 0.29) is 6.04 Å². The van der Waals surface area contributed by atoms with E-state index in [9.17, 15) is 4.79 Å². The second-order valence-electron chi connectivity index (χ2n) is 3.13. The Bertz CT molecular complexity index is 306. The van der Waals surface area contributed by atoms with E-state index in [2.05, 4.69) is 6.07 Å². The number of anilines is 1. The van der Waals surface area contributed by atoms with Gasteiger partial charge >= 0.3 is 6.09 Å². The first kappa shape index (κ1) is 8.10. The SMILES string of the molecule is O=C(O)N(c1[c]cccc1)C1CC1. The minimum absolute atomic E-state index is 0.177. The van der Waals surface area contributed by atoms with Crippen molar-refractivity contribution in [2.75, 3.05) is 4.90 Å². The van der Waals surface area contributed by atoms with Gasteiger partial charge in [-0.1, -0.05) is 18.2 Å². The lowest BCUT2D eigenvalue weighted by Gasteiger charge is -2.17. The van der Waals surface area contributed by atoms with Crippen LogP contribution in [0.1, 0.15) is 12.8 Å². The molecule has 0 aliphatic heterocycles. The first-order chi connectivity index (χ1) is 6.29. The molecular formula is C10H10NO2. The molecule has 0 bridgehead atoms. The Morgan fingerprint density at radius 2 is 2.31 bits per heavy atom. The van der Waals surface area contributed by atoms with Gasteiger partial charge in [0, 0.05) is 12.1 Å². The summed E-state index contributed by atoms with van der Waals surface area (Å²) < 4.78 is 0. The summed E-state index contributed by atoms with van der Waals surface area (Å²) >= 11 is 0. The summed E-state index contributed by atoms with van der Waals surface area (Å²) in [7, 11) is 0. The van der Waals surface area contributed by atoms with Gasteiger partial charge < -0.3 is 5.11 Å². The predicted molar refractivity (Wildman–Crippen MR) is 48.8 cm³/mol. The largest absolute Gasteiger partial charge is 0.465 e. The van der Waals surface area contributed by atoms with Crippen LogP contribution in [0.25, 0.3) is 0 Å². The normalized spacial score (nSPS) is 15.4. The number of hydrogen-bond donors (Lipinski definition) is 1. The first-order valence-electron chi connectivity index (χ1n) is 4.28. The maximum Gasteiger partial charge on any atom is 0.412 e. The Balaban J connectivity index is 2.25. The van der Waals surface area contributed by atoms with Gasteiger partial charge in [0.25, 0.3) is 0 Å². The van der Waals surface area contributed by atoms with Crippen molar-refractivity contribution in [1.82, 2.24) is 0 Å². The Morgan fingerprint density at radius 3 is 2.77 bits per heavy atom. The zero-order valence-electron chi connectivity index (χ0n) is 7.10. The van der Waals surface area contributed by atoms with E-state index in [0.717, 1.165) is 12.8 Å². The summed E-state index contributed by atoms with van der Waals surface area (Å²) in [6.07, 6.45) is 1.05. The molecule has 1 aromatic carbocycles. The number of para-hydroxylation sites is 1. The highest BCUT2D eigenvalue weighted by Gasteiger charge is 2.33. The lowest BCUT2D eigenvalue weighted by atomic mass is 10.3. The van der Waals surface area contributed by atoms with E-state index in [4.69, 9.17) is 5.11 Å². The molecule has 1 aliphatic carbocycles. The molecule has 1 aromatic rings. The number of nitrogens with zero attached hydrogens (tertiary/aromatic N) is 1. The van der Waals surface area contributed by atoms with Crippen LogP contribution in [-0.2, 0) is 0 Å². The fourth-order valence-corrected chi connectivity index (χ4v) is 1.32. The quantitative estimate of drug-likeness (QED) is 0.749. The van der Waals surface area contributed by atoms with Gasteiger partial charge in [-0.25, -0.2) is 4.79 Å². The van der Waals surface area contributed by atoms with Crippen LogP contribution in [-0.4, -0.2) is 17.2 Å². The molecule has 0 heterocycles. The molecule has 0 aromatic heterocycles. The van der Waals surface area contributed by atoms with Gasteiger partial charge in [-0.05, 0) is 18.9 Å². The number of carbonyl (C=O) groups is 1. The van der Waals surface area contributed by atoms with E-state index >= 15 is 0 Å². The molecule has 67 valence electrons. The third-order valence-corrected chi connectivity index (χ3v) is 2.07. The first-order valence-corrected chi connectivity index (χ1v) is 4.28. The molecule has 13 heavy (non-hydrogen) atoms. The third-order valence-electron chi connectivity index (χ3n) is 2.07. The van der Waals surface area contributed by atoms with Gasteiger partial charge in [0.15, 0.2) is 0 Å². The molecule has 2 rings (SSSR count). The molecule has 1 N–H and O–H groups in total. The molecule has 3 heteroatoms. The van der Waals surface area contributed by atoms with Crippen molar-refractivity contribution in [3.63, 3.8) is 0 Å². The summed E-state index contributed by atoms with van der Waals surface area (Å²) in [5.74, 6) is 0. The van der Waals surface area contributed by atoms with E-state index in [1.165, 1.54) is 4.90 Å². The molecule has 1 aliphatic rings. The van der Waals surface area contributed by atoms with Crippen molar-refractivity contribution in [2.45, 2.75) is 18.9 Å². The van der Waals surface area contributed by atoms with Gasteiger partial charge in [0.05, 0.1) is 5.69 Å². The van der Waals surface area contributed by atoms with Crippen LogP contribution in [0.5, 0.6) is 0 Å². The van der Waals surface area contributed by atoms with Crippen LogP contribution in [0.2, 0.25) is 0 Å². The van der Waals surface area contributed by atoms with Crippen molar-refractivity contribution in [1.29, 1.82) is 0 Å². The van der Waals surface area contributed by atoms with Crippen LogP contribution >= 0.6 is 0 Å². The summed E-state index contributed by atoms with van der Waals surface area (Å²) in [6, 6.07) is 10.2. The topological polar surface area (TPSA) is 40.5 Å². The highest BCUT2D eigenvalue weighted by molar-refractivity contribution is 5.87. The van der Waals surface area contributed by atoms with Crippen LogP contribution < -0.4 is 4.90 Å². The Morgan fingerprint density at radius 1 is 1.54 bits per heavy atom. The fraction of sp³-hybridized carbons (Fsp3) is 0.300. The Hall–Kier alpha value is -1.51. The number of amides is 1. The number of carboxylic acid groups (broad SMARTS) is 1. The van der Waals surface area contributed by atoms with E-state index < -0.39 is 6.09 Å². The zero-order valence-corrected chi connectivity index (χ0v) is 7.10. The minimum Gasteiger partial charge on any atom is -0.465 e. The highest BCUT2D eigenvalue weighted by Crippen LogP contribution is 2.31. The van der Waals surface area contributed by atoms with Gasteiger partial charge in [0.1, 0.15) is 0 Å².